The Bertz CT molecular complexity index is 1220. The van der Waals surface area contributed by atoms with E-state index in [0.29, 0.717) is 34.4 Å². The van der Waals surface area contributed by atoms with Gasteiger partial charge in [0, 0.05) is 17.8 Å². The van der Waals surface area contributed by atoms with Crippen LogP contribution in [0.25, 0.3) is 0 Å². The van der Waals surface area contributed by atoms with Crippen molar-refractivity contribution in [2.45, 2.75) is 38.5 Å². The van der Waals surface area contributed by atoms with Crippen molar-refractivity contribution in [1.29, 1.82) is 5.41 Å². The molecule has 0 saturated heterocycles. The van der Waals surface area contributed by atoms with E-state index in [2.05, 4.69) is 20.5 Å². The summed E-state index contributed by atoms with van der Waals surface area (Å²) < 4.78 is 0. The molecule has 0 aliphatic rings. The van der Waals surface area contributed by atoms with E-state index in [1.54, 1.807) is 36.4 Å². The van der Waals surface area contributed by atoms with Gasteiger partial charge in [-0.1, -0.05) is 35.6 Å². The molecular formula is C24H28N8O2S2. The number of rotatable bonds is 10. The molecule has 0 unspecified atom stereocenters. The number of nitrogens with zero attached hydrogens (tertiary/aromatic N) is 3. The van der Waals surface area contributed by atoms with Gasteiger partial charge in [-0.3, -0.25) is 15.0 Å². The Kier molecular flexibility index (Phi) is 9.95. The smallest absolute Gasteiger partial charge is 0.252 e. The molecule has 2 amide bonds. The van der Waals surface area contributed by atoms with Gasteiger partial charge in [0.15, 0.2) is 5.17 Å². The lowest BCUT2D eigenvalue weighted by Crippen LogP contribution is -2.14. The quantitative estimate of drug-likeness (QED) is 0.115. The van der Waals surface area contributed by atoms with Crippen LogP contribution in [0.4, 0.5) is 16.5 Å². The van der Waals surface area contributed by atoms with Gasteiger partial charge < -0.3 is 22.5 Å². The zero-order valence-corrected chi connectivity index (χ0v) is 21.2. The van der Waals surface area contributed by atoms with Crippen LogP contribution in [0.15, 0.2) is 53.5 Å². The molecule has 2 aromatic carbocycles. The highest BCUT2D eigenvalue weighted by Crippen LogP contribution is 2.19. The van der Waals surface area contributed by atoms with Gasteiger partial charge in [-0.15, -0.1) is 10.2 Å². The first-order valence-electron chi connectivity index (χ1n) is 11.2. The molecule has 3 aromatic rings. The van der Waals surface area contributed by atoms with Gasteiger partial charge in [0.25, 0.3) is 5.91 Å². The molecule has 0 spiro atoms. The van der Waals surface area contributed by atoms with Crippen molar-refractivity contribution in [2.24, 2.45) is 10.7 Å². The van der Waals surface area contributed by atoms with E-state index in [1.807, 2.05) is 12.1 Å². The average Bonchev–Trinajstić information content (AvgIpc) is 3.26. The first-order chi connectivity index (χ1) is 17.3. The highest BCUT2D eigenvalue weighted by atomic mass is 32.2. The lowest BCUT2D eigenvalue weighted by molar-refractivity contribution is -0.117. The number of aliphatic imine (C=N–C) groups is 1. The minimum absolute atomic E-state index is 0.0592. The third kappa shape index (κ3) is 9.47. The van der Waals surface area contributed by atoms with Gasteiger partial charge >= 0.3 is 0 Å². The largest absolute Gasteiger partial charge is 0.399 e. The lowest BCUT2D eigenvalue weighted by atomic mass is 10.1. The van der Waals surface area contributed by atoms with Crippen LogP contribution < -0.4 is 22.5 Å². The number of anilines is 3. The standard InChI is InChI=1S/C24H28N8O2S2/c25-17-9-5-15(6-10-17)13-20(33)29-23(28)35-19(27)3-1-2-4-22-31-32-24(36-22)30-21(34)14-16-7-11-18(26)12-8-16/h5-12,27H,1-4,13-14,25-26H2,(H2,28,29,33)(H,30,32,34). The van der Waals surface area contributed by atoms with E-state index in [0.717, 1.165) is 40.7 Å². The number of hydrogen-bond acceptors (Lipinski definition) is 9. The molecule has 0 radical (unpaired) electrons. The summed E-state index contributed by atoms with van der Waals surface area (Å²) in [4.78, 5) is 28.1. The van der Waals surface area contributed by atoms with Crippen molar-refractivity contribution in [3.05, 3.63) is 64.7 Å². The Morgan fingerprint density at radius 2 is 1.56 bits per heavy atom. The normalized spacial score (nSPS) is 11.3. The van der Waals surface area contributed by atoms with Crippen molar-refractivity contribution >= 4 is 61.6 Å². The predicted octanol–water partition coefficient (Wildman–Crippen LogP) is 3.39. The summed E-state index contributed by atoms with van der Waals surface area (Å²) in [6.45, 7) is 0. The molecule has 12 heteroatoms. The molecule has 1 aromatic heterocycles. The Morgan fingerprint density at radius 3 is 2.19 bits per heavy atom. The summed E-state index contributed by atoms with van der Waals surface area (Å²) >= 11 is 2.33. The third-order valence-corrected chi connectivity index (χ3v) is 6.55. The molecule has 36 heavy (non-hydrogen) atoms. The fourth-order valence-electron chi connectivity index (χ4n) is 3.12. The lowest BCUT2D eigenvalue weighted by Gasteiger charge is -2.03. The molecule has 0 saturated carbocycles. The number of amides is 2. The van der Waals surface area contributed by atoms with Crippen LogP contribution in [0.3, 0.4) is 0 Å². The molecule has 0 fully saturated rings. The number of carbonyl (C=O) groups excluding carboxylic acids is 2. The van der Waals surface area contributed by atoms with Crippen LogP contribution in [0.2, 0.25) is 0 Å². The summed E-state index contributed by atoms with van der Waals surface area (Å²) in [5, 5.41) is 20.7. The second-order valence-electron chi connectivity index (χ2n) is 7.96. The Hall–Kier alpha value is -3.77. The number of nitrogens with two attached hydrogens (primary N) is 3. The fraction of sp³-hybridized carbons (Fsp3) is 0.250. The Labute approximate surface area is 217 Å². The third-order valence-electron chi connectivity index (χ3n) is 4.90. The van der Waals surface area contributed by atoms with Gasteiger partial charge in [0.1, 0.15) is 5.01 Å². The molecule has 0 atom stereocenters. The summed E-state index contributed by atoms with van der Waals surface area (Å²) in [5.74, 6) is -0.538. The van der Waals surface area contributed by atoms with E-state index in [9.17, 15) is 9.59 Å². The van der Waals surface area contributed by atoms with Crippen molar-refractivity contribution in [3.8, 4) is 0 Å². The van der Waals surface area contributed by atoms with Crippen molar-refractivity contribution in [3.63, 3.8) is 0 Å². The predicted molar refractivity (Wildman–Crippen MR) is 147 cm³/mol. The number of hydrogen-bond donors (Lipinski definition) is 5. The van der Waals surface area contributed by atoms with Crippen molar-refractivity contribution in [1.82, 2.24) is 10.2 Å². The van der Waals surface area contributed by atoms with Gasteiger partial charge in [-0.2, -0.15) is 4.99 Å². The zero-order valence-electron chi connectivity index (χ0n) is 19.6. The highest BCUT2D eigenvalue weighted by Gasteiger charge is 2.10. The minimum atomic E-state index is -0.370. The molecule has 0 aliphatic carbocycles. The number of amidine groups is 1. The first-order valence-corrected chi connectivity index (χ1v) is 12.8. The second kappa shape index (κ2) is 13.4. The van der Waals surface area contributed by atoms with Gasteiger partial charge in [-0.25, -0.2) is 0 Å². The van der Waals surface area contributed by atoms with E-state index >= 15 is 0 Å². The Balaban J connectivity index is 1.33. The van der Waals surface area contributed by atoms with Crippen LogP contribution >= 0.6 is 23.1 Å². The molecule has 3 rings (SSSR count). The maximum Gasteiger partial charge on any atom is 0.252 e. The molecule has 8 N–H and O–H groups in total. The van der Waals surface area contributed by atoms with Crippen LogP contribution in [0, 0.1) is 5.41 Å². The first kappa shape index (κ1) is 26.8. The number of aryl methyl sites for hydroxylation is 1. The summed E-state index contributed by atoms with van der Waals surface area (Å²) in [6, 6.07) is 14.1. The average molecular weight is 525 g/mol. The molecule has 188 valence electrons. The van der Waals surface area contributed by atoms with Crippen LogP contribution in [0.1, 0.15) is 35.4 Å². The molecule has 10 nitrogen and oxygen atoms in total. The Morgan fingerprint density at radius 1 is 0.944 bits per heavy atom. The van der Waals surface area contributed by atoms with E-state index in [1.165, 1.54) is 11.3 Å². The number of unbranched alkanes of at least 4 members (excludes halogenated alkanes) is 1. The van der Waals surface area contributed by atoms with Gasteiger partial charge in [-0.05, 0) is 66.4 Å². The van der Waals surface area contributed by atoms with Crippen molar-refractivity contribution in [2.75, 3.05) is 16.8 Å². The van der Waals surface area contributed by atoms with Crippen LogP contribution in [-0.4, -0.2) is 32.2 Å². The highest BCUT2D eigenvalue weighted by molar-refractivity contribution is 8.26. The van der Waals surface area contributed by atoms with E-state index in [4.69, 9.17) is 22.6 Å². The summed E-state index contributed by atoms with van der Waals surface area (Å²) in [5.41, 5.74) is 20.1. The summed E-state index contributed by atoms with van der Waals surface area (Å²) in [7, 11) is 0. The van der Waals surface area contributed by atoms with E-state index < -0.39 is 0 Å². The van der Waals surface area contributed by atoms with Crippen LogP contribution in [-0.2, 0) is 28.9 Å². The number of nitrogen functional groups attached to an aromatic ring is 2. The monoisotopic (exact) mass is 524 g/mol. The molecular weight excluding hydrogens is 496 g/mol. The van der Waals surface area contributed by atoms with Gasteiger partial charge in [0.2, 0.25) is 11.0 Å². The number of thioether (sulfide) groups is 1. The zero-order chi connectivity index (χ0) is 25.9. The maximum absolute atomic E-state index is 12.2. The fourth-order valence-corrected chi connectivity index (χ4v) is 4.57. The number of carbonyl (C=O) groups is 2. The second-order valence-corrected chi connectivity index (χ2v) is 10.1. The van der Waals surface area contributed by atoms with Crippen LogP contribution in [0.5, 0.6) is 0 Å². The van der Waals surface area contributed by atoms with Crippen molar-refractivity contribution < 1.29 is 9.59 Å². The number of nitrogens with one attached hydrogen (secondary N) is 2. The number of aromatic nitrogens is 2. The van der Waals surface area contributed by atoms with Gasteiger partial charge in [0.05, 0.1) is 17.9 Å². The number of benzene rings is 2. The SMILES string of the molecule is N=C(CCCCc1nnc(NC(=O)Cc2ccc(N)cc2)s1)SC(N)=NC(=O)Cc1ccc(N)cc1. The molecule has 0 aliphatic heterocycles. The molecule has 1 heterocycles. The van der Waals surface area contributed by atoms with E-state index in [-0.39, 0.29) is 29.8 Å². The molecule has 0 bridgehead atoms. The summed E-state index contributed by atoms with van der Waals surface area (Å²) in [6.07, 6.45) is 3.10. The minimum Gasteiger partial charge on any atom is -0.399 e. The topological polar surface area (TPSA) is 186 Å². The maximum atomic E-state index is 12.2.